The molecule has 3 rings (SSSR count). The van der Waals surface area contributed by atoms with Crippen molar-refractivity contribution in [3.63, 3.8) is 0 Å². The van der Waals surface area contributed by atoms with Crippen LogP contribution in [0.15, 0.2) is 30.6 Å². The molecule has 0 unspecified atom stereocenters. The SMILES string of the molecule is CCCOc1ccc(CCNc2cc(C)nn3cnnc23)cc1OC. The number of benzene rings is 1. The Hall–Kier alpha value is -2.83. The van der Waals surface area contributed by atoms with E-state index in [0.717, 1.165) is 47.9 Å². The van der Waals surface area contributed by atoms with Crippen molar-refractivity contribution in [2.24, 2.45) is 0 Å². The van der Waals surface area contributed by atoms with Crippen molar-refractivity contribution in [1.29, 1.82) is 0 Å². The Morgan fingerprint density at radius 2 is 2.08 bits per heavy atom. The molecule has 7 nitrogen and oxygen atoms in total. The van der Waals surface area contributed by atoms with Gasteiger partial charge in [-0.3, -0.25) is 0 Å². The van der Waals surface area contributed by atoms with E-state index < -0.39 is 0 Å². The van der Waals surface area contributed by atoms with Gasteiger partial charge in [0.15, 0.2) is 11.5 Å². The zero-order valence-electron chi connectivity index (χ0n) is 14.8. The van der Waals surface area contributed by atoms with Crippen LogP contribution in [0.2, 0.25) is 0 Å². The summed E-state index contributed by atoms with van der Waals surface area (Å²) in [7, 11) is 1.66. The van der Waals surface area contributed by atoms with E-state index in [2.05, 4.69) is 33.6 Å². The van der Waals surface area contributed by atoms with E-state index >= 15 is 0 Å². The van der Waals surface area contributed by atoms with Crippen LogP contribution in [-0.4, -0.2) is 40.1 Å². The first-order valence-corrected chi connectivity index (χ1v) is 8.42. The van der Waals surface area contributed by atoms with Crippen LogP contribution in [0.5, 0.6) is 11.5 Å². The summed E-state index contributed by atoms with van der Waals surface area (Å²) in [6.07, 6.45) is 3.43. The van der Waals surface area contributed by atoms with Gasteiger partial charge in [-0.15, -0.1) is 10.2 Å². The molecule has 0 amide bonds. The van der Waals surface area contributed by atoms with Crippen LogP contribution in [0.3, 0.4) is 0 Å². The number of fused-ring (bicyclic) bond motifs is 1. The molecule has 25 heavy (non-hydrogen) atoms. The summed E-state index contributed by atoms with van der Waals surface area (Å²) in [5, 5.41) is 15.8. The maximum atomic E-state index is 5.69. The average molecular weight is 341 g/mol. The third-order valence-corrected chi connectivity index (χ3v) is 3.81. The van der Waals surface area contributed by atoms with Crippen LogP contribution in [0, 0.1) is 6.92 Å². The highest BCUT2D eigenvalue weighted by molar-refractivity contribution is 5.66. The van der Waals surface area contributed by atoms with E-state index in [1.807, 2.05) is 25.1 Å². The molecule has 0 saturated heterocycles. The highest BCUT2D eigenvalue weighted by Gasteiger charge is 2.08. The number of nitrogens with one attached hydrogen (secondary N) is 1. The number of methoxy groups -OCH3 is 1. The van der Waals surface area contributed by atoms with E-state index in [4.69, 9.17) is 9.47 Å². The van der Waals surface area contributed by atoms with E-state index in [-0.39, 0.29) is 0 Å². The summed E-state index contributed by atoms with van der Waals surface area (Å²) in [6, 6.07) is 8.04. The van der Waals surface area contributed by atoms with E-state index in [9.17, 15) is 0 Å². The second-order valence-electron chi connectivity index (χ2n) is 5.81. The van der Waals surface area contributed by atoms with Crippen LogP contribution in [0.4, 0.5) is 5.69 Å². The molecule has 0 spiro atoms. The standard InChI is InChI=1S/C18H23N5O2/c1-4-9-25-16-6-5-14(11-17(16)24-3)7-8-19-15-10-13(2)22-23-12-20-21-18(15)23/h5-6,10-12,19H,4,7-9H2,1-3H3. The van der Waals surface area contributed by atoms with Crippen LogP contribution in [-0.2, 0) is 6.42 Å². The fourth-order valence-corrected chi connectivity index (χ4v) is 2.62. The van der Waals surface area contributed by atoms with Gasteiger partial charge in [-0.25, -0.2) is 0 Å². The summed E-state index contributed by atoms with van der Waals surface area (Å²) in [5.74, 6) is 1.56. The molecule has 0 radical (unpaired) electrons. The molecule has 3 aromatic rings. The summed E-state index contributed by atoms with van der Waals surface area (Å²) in [4.78, 5) is 0. The summed E-state index contributed by atoms with van der Waals surface area (Å²) in [5.41, 5.74) is 3.75. The van der Waals surface area contributed by atoms with Gasteiger partial charge < -0.3 is 14.8 Å². The number of hydrogen-bond donors (Lipinski definition) is 1. The van der Waals surface area contributed by atoms with E-state index in [1.54, 1.807) is 18.0 Å². The zero-order valence-corrected chi connectivity index (χ0v) is 14.8. The normalized spacial score (nSPS) is 10.8. The fraction of sp³-hybridized carbons (Fsp3) is 0.389. The molecule has 0 aliphatic rings. The van der Waals surface area contributed by atoms with Gasteiger partial charge in [-0.1, -0.05) is 13.0 Å². The van der Waals surface area contributed by atoms with E-state index in [0.29, 0.717) is 6.61 Å². The Bertz CT molecular complexity index is 847. The minimum Gasteiger partial charge on any atom is -0.493 e. The molecule has 0 saturated carbocycles. The van der Waals surface area contributed by atoms with Gasteiger partial charge in [0.05, 0.1) is 25.1 Å². The van der Waals surface area contributed by atoms with Gasteiger partial charge in [0.25, 0.3) is 0 Å². The van der Waals surface area contributed by atoms with Gasteiger partial charge >= 0.3 is 0 Å². The van der Waals surface area contributed by atoms with Crippen LogP contribution in [0.1, 0.15) is 24.6 Å². The molecule has 1 aromatic carbocycles. The Morgan fingerprint density at radius 1 is 1.20 bits per heavy atom. The molecule has 2 aromatic heterocycles. The molecule has 0 bridgehead atoms. The van der Waals surface area contributed by atoms with Crippen molar-refractivity contribution < 1.29 is 9.47 Å². The lowest BCUT2D eigenvalue weighted by atomic mass is 10.1. The minimum atomic E-state index is 0.688. The number of nitrogens with zero attached hydrogens (tertiary/aromatic N) is 4. The number of aromatic nitrogens is 4. The van der Waals surface area contributed by atoms with Crippen LogP contribution < -0.4 is 14.8 Å². The number of rotatable bonds is 8. The Kier molecular flexibility index (Phi) is 5.33. The molecule has 2 heterocycles. The first-order valence-electron chi connectivity index (χ1n) is 8.42. The summed E-state index contributed by atoms with van der Waals surface area (Å²) < 4.78 is 12.8. The smallest absolute Gasteiger partial charge is 0.200 e. The lowest BCUT2D eigenvalue weighted by Gasteiger charge is -2.12. The van der Waals surface area contributed by atoms with Gasteiger partial charge in [0.1, 0.15) is 6.33 Å². The highest BCUT2D eigenvalue weighted by Crippen LogP contribution is 2.28. The first-order chi connectivity index (χ1) is 12.2. The number of hydrogen-bond acceptors (Lipinski definition) is 6. The predicted octanol–water partition coefficient (Wildman–Crippen LogP) is 2.88. The highest BCUT2D eigenvalue weighted by atomic mass is 16.5. The predicted molar refractivity (Wildman–Crippen MR) is 96.5 cm³/mol. The second-order valence-corrected chi connectivity index (χ2v) is 5.81. The van der Waals surface area contributed by atoms with Gasteiger partial charge in [0, 0.05) is 6.54 Å². The number of anilines is 1. The Labute approximate surface area is 147 Å². The Morgan fingerprint density at radius 3 is 2.88 bits per heavy atom. The number of ether oxygens (including phenoxy) is 2. The lowest BCUT2D eigenvalue weighted by molar-refractivity contribution is 0.294. The summed E-state index contributed by atoms with van der Waals surface area (Å²) in [6.45, 7) is 5.49. The zero-order chi connectivity index (χ0) is 17.6. The molecule has 7 heteroatoms. The average Bonchev–Trinajstić information content (AvgIpc) is 3.08. The largest absolute Gasteiger partial charge is 0.493 e. The third-order valence-electron chi connectivity index (χ3n) is 3.81. The van der Waals surface area contributed by atoms with Crippen molar-refractivity contribution in [3.8, 4) is 11.5 Å². The van der Waals surface area contributed by atoms with Crippen LogP contribution >= 0.6 is 0 Å². The molecule has 0 aliphatic heterocycles. The van der Waals surface area contributed by atoms with Crippen LogP contribution in [0.25, 0.3) is 5.65 Å². The maximum absolute atomic E-state index is 5.69. The molecular formula is C18H23N5O2. The molecule has 1 N–H and O–H groups in total. The van der Waals surface area contributed by atoms with Crippen molar-refractivity contribution >= 4 is 11.3 Å². The molecule has 0 atom stereocenters. The van der Waals surface area contributed by atoms with Crippen molar-refractivity contribution in [3.05, 3.63) is 41.9 Å². The minimum absolute atomic E-state index is 0.688. The van der Waals surface area contributed by atoms with Gasteiger partial charge in [-0.2, -0.15) is 9.61 Å². The third kappa shape index (κ3) is 3.99. The molecule has 132 valence electrons. The molecule has 0 fully saturated rings. The van der Waals surface area contributed by atoms with E-state index in [1.165, 1.54) is 5.56 Å². The number of aryl methyl sites for hydroxylation is 1. The quantitative estimate of drug-likeness (QED) is 0.679. The van der Waals surface area contributed by atoms with Crippen molar-refractivity contribution in [2.45, 2.75) is 26.7 Å². The van der Waals surface area contributed by atoms with Crippen molar-refractivity contribution in [1.82, 2.24) is 19.8 Å². The first kappa shape index (κ1) is 17.0. The van der Waals surface area contributed by atoms with Crippen molar-refractivity contribution in [2.75, 3.05) is 25.6 Å². The Balaban J connectivity index is 1.66. The fourth-order valence-electron chi connectivity index (χ4n) is 2.62. The molecule has 0 aliphatic carbocycles. The lowest BCUT2D eigenvalue weighted by Crippen LogP contribution is -2.08. The molecular weight excluding hydrogens is 318 g/mol. The van der Waals surface area contributed by atoms with Gasteiger partial charge in [-0.05, 0) is 43.5 Å². The summed E-state index contributed by atoms with van der Waals surface area (Å²) >= 11 is 0. The second kappa shape index (κ2) is 7.83. The monoisotopic (exact) mass is 341 g/mol. The van der Waals surface area contributed by atoms with Gasteiger partial charge in [0.2, 0.25) is 5.65 Å². The maximum Gasteiger partial charge on any atom is 0.200 e. The topological polar surface area (TPSA) is 73.6 Å².